The topological polar surface area (TPSA) is 25.1 Å². The Morgan fingerprint density at radius 2 is 0.875 bits per heavy atom. The van der Waals surface area contributed by atoms with Crippen LogP contribution in [0.25, 0.3) is 0 Å². The Kier molecular flexibility index (Phi) is 1.09. The summed E-state index contributed by atoms with van der Waals surface area (Å²) in [5.41, 5.74) is 0.639. The third-order valence-electron chi connectivity index (χ3n) is 5.62. The first-order chi connectivity index (χ1) is 7.74. The molecule has 0 aromatic carbocycles. The summed E-state index contributed by atoms with van der Waals surface area (Å²) in [6.07, 6.45) is 15.9. The van der Waals surface area contributed by atoms with Crippen molar-refractivity contribution < 1.29 is 9.47 Å². The van der Waals surface area contributed by atoms with Crippen LogP contribution >= 0.6 is 0 Å². The average molecular weight is 216 g/mol. The summed E-state index contributed by atoms with van der Waals surface area (Å²) in [4.78, 5) is 0. The maximum absolute atomic E-state index is 6.23. The molecule has 0 amide bonds. The molecule has 5 aliphatic rings. The van der Waals surface area contributed by atoms with Crippen molar-refractivity contribution in [3.63, 3.8) is 0 Å². The maximum atomic E-state index is 6.23. The van der Waals surface area contributed by atoms with Gasteiger partial charge in [-0.3, -0.25) is 0 Å². The molecular weight excluding hydrogens is 200 g/mol. The number of epoxide rings is 2. The van der Waals surface area contributed by atoms with Gasteiger partial charge in [0.15, 0.2) is 0 Å². The molecule has 4 atom stereocenters. The maximum Gasteiger partial charge on any atom is 0.105 e. The van der Waals surface area contributed by atoms with E-state index >= 15 is 0 Å². The fourth-order valence-corrected chi connectivity index (χ4v) is 4.70. The number of hydrogen-bond donors (Lipinski definition) is 0. The Hall–Kier alpha value is -0.600. The lowest BCUT2D eigenvalue weighted by molar-refractivity contribution is 0.181. The molecule has 2 heterocycles. The molecule has 16 heavy (non-hydrogen) atoms. The van der Waals surface area contributed by atoms with Crippen molar-refractivity contribution in [1.82, 2.24) is 0 Å². The zero-order valence-electron chi connectivity index (χ0n) is 9.37. The predicted octanol–water partition coefficient (Wildman–Crippen LogP) is 2.50. The minimum absolute atomic E-state index is 0.160. The summed E-state index contributed by atoms with van der Waals surface area (Å²) in [7, 11) is 0. The third-order valence-corrected chi connectivity index (χ3v) is 5.62. The summed E-state index contributed by atoms with van der Waals surface area (Å²) in [6, 6.07) is 0. The van der Waals surface area contributed by atoms with Gasteiger partial charge in [0.2, 0.25) is 0 Å². The first kappa shape index (κ1) is 8.48. The summed E-state index contributed by atoms with van der Waals surface area (Å²) in [5.74, 6) is 0. The van der Waals surface area contributed by atoms with Gasteiger partial charge in [-0.25, -0.2) is 0 Å². The van der Waals surface area contributed by atoms with E-state index in [2.05, 4.69) is 24.3 Å². The molecule has 2 nitrogen and oxygen atoms in total. The van der Waals surface area contributed by atoms with E-state index in [9.17, 15) is 0 Å². The van der Waals surface area contributed by atoms with Crippen LogP contribution in [0.2, 0.25) is 0 Å². The van der Waals surface area contributed by atoms with Gasteiger partial charge in [-0.15, -0.1) is 0 Å². The van der Waals surface area contributed by atoms with Crippen LogP contribution in [-0.4, -0.2) is 22.4 Å². The molecule has 2 heteroatoms. The van der Waals surface area contributed by atoms with Gasteiger partial charge >= 0.3 is 0 Å². The van der Waals surface area contributed by atoms with E-state index in [1.165, 1.54) is 0 Å². The van der Waals surface area contributed by atoms with Crippen LogP contribution in [0.3, 0.4) is 0 Å². The molecule has 0 N–H and O–H groups in total. The Morgan fingerprint density at radius 3 is 1.19 bits per heavy atom. The van der Waals surface area contributed by atoms with Gasteiger partial charge in [-0.1, -0.05) is 24.3 Å². The van der Waals surface area contributed by atoms with E-state index in [1.54, 1.807) is 0 Å². The molecule has 2 saturated heterocycles. The Balaban J connectivity index is 1.61. The molecule has 5 rings (SSSR count). The molecule has 3 aliphatic carbocycles. The second-order valence-electron chi connectivity index (χ2n) is 6.29. The van der Waals surface area contributed by atoms with Crippen molar-refractivity contribution in [2.75, 3.05) is 0 Å². The van der Waals surface area contributed by atoms with Gasteiger partial charge in [0.1, 0.15) is 22.4 Å². The lowest BCUT2D eigenvalue weighted by atomic mass is 9.62. The lowest BCUT2D eigenvalue weighted by Crippen LogP contribution is -2.45. The first-order valence-electron chi connectivity index (χ1n) is 6.44. The van der Waals surface area contributed by atoms with E-state index in [-0.39, 0.29) is 22.4 Å². The van der Waals surface area contributed by atoms with E-state index in [1.807, 2.05) is 0 Å². The van der Waals surface area contributed by atoms with E-state index in [4.69, 9.17) is 9.47 Å². The average Bonchev–Trinajstić information content (AvgIpc) is 3.09. The largest absolute Gasteiger partial charge is 0.362 e. The molecule has 0 unspecified atom stereocenters. The molecule has 0 bridgehead atoms. The first-order valence-corrected chi connectivity index (χ1v) is 6.44. The lowest BCUT2D eigenvalue weighted by Gasteiger charge is -2.34. The van der Waals surface area contributed by atoms with Gasteiger partial charge in [0, 0.05) is 12.8 Å². The van der Waals surface area contributed by atoms with E-state index in [0.29, 0.717) is 0 Å². The Labute approximate surface area is 95.3 Å². The quantitative estimate of drug-likeness (QED) is 0.459. The fraction of sp³-hybridized carbons (Fsp3) is 0.714. The predicted molar refractivity (Wildman–Crippen MR) is 59.1 cm³/mol. The molecule has 0 spiro atoms. The minimum atomic E-state index is 0.160. The van der Waals surface area contributed by atoms with Gasteiger partial charge in [0.25, 0.3) is 0 Å². The zero-order chi connectivity index (χ0) is 10.5. The van der Waals surface area contributed by atoms with Crippen LogP contribution < -0.4 is 0 Å². The van der Waals surface area contributed by atoms with Gasteiger partial charge < -0.3 is 9.47 Å². The summed E-state index contributed by atoms with van der Waals surface area (Å²) >= 11 is 0. The van der Waals surface area contributed by atoms with Crippen LogP contribution in [-0.2, 0) is 9.47 Å². The van der Waals surface area contributed by atoms with Crippen molar-refractivity contribution in [3.8, 4) is 0 Å². The monoisotopic (exact) mass is 216 g/mol. The van der Waals surface area contributed by atoms with Gasteiger partial charge in [0.05, 0.1) is 0 Å². The normalized spacial score (nSPS) is 64.0. The molecule has 0 aromatic rings. The Morgan fingerprint density at radius 1 is 0.562 bits per heavy atom. The molecule has 84 valence electrons. The van der Waals surface area contributed by atoms with Gasteiger partial charge in [-0.2, -0.15) is 0 Å². The number of rotatable bonds is 0. The standard InChI is InChI=1S/C14H16O2/c1-2-6-12-10-14-8-4-3-7-13(14,16-14)9-11(12,5-1)15-12/h1-4H,5-10H2/t11-,12-,13-,14+/m0/s1. The molecule has 2 aliphatic heterocycles. The van der Waals surface area contributed by atoms with Crippen LogP contribution in [0.15, 0.2) is 24.3 Å². The second kappa shape index (κ2) is 2.06. The molecule has 1 saturated carbocycles. The molecule has 0 aromatic heterocycles. The summed E-state index contributed by atoms with van der Waals surface area (Å²) in [6.45, 7) is 0. The fourth-order valence-electron chi connectivity index (χ4n) is 4.70. The van der Waals surface area contributed by atoms with Crippen molar-refractivity contribution in [2.24, 2.45) is 0 Å². The Bertz CT molecular complexity index is 376. The number of hydrogen-bond acceptors (Lipinski definition) is 2. The van der Waals surface area contributed by atoms with Crippen LogP contribution in [0.4, 0.5) is 0 Å². The van der Waals surface area contributed by atoms with Gasteiger partial charge in [-0.05, 0) is 25.7 Å². The van der Waals surface area contributed by atoms with Crippen molar-refractivity contribution in [2.45, 2.75) is 60.9 Å². The zero-order valence-corrected chi connectivity index (χ0v) is 9.37. The molecule has 0 radical (unpaired) electrons. The second-order valence-corrected chi connectivity index (χ2v) is 6.29. The van der Waals surface area contributed by atoms with Crippen molar-refractivity contribution in [3.05, 3.63) is 24.3 Å². The summed E-state index contributed by atoms with van der Waals surface area (Å²) in [5, 5.41) is 0. The highest BCUT2D eigenvalue weighted by molar-refractivity contribution is 5.39. The van der Waals surface area contributed by atoms with E-state index in [0.717, 1.165) is 38.5 Å². The van der Waals surface area contributed by atoms with Crippen LogP contribution in [0.1, 0.15) is 38.5 Å². The molecular formula is C14H16O2. The summed E-state index contributed by atoms with van der Waals surface area (Å²) < 4.78 is 12.5. The highest BCUT2D eigenvalue weighted by Gasteiger charge is 2.86. The SMILES string of the molecule is C1=CC[C@]23C[C@@]45CC=CC[C@@]4(C[C@@]2(C1)O3)O5. The third kappa shape index (κ3) is 0.671. The van der Waals surface area contributed by atoms with Crippen LogP contribution in [0.5, 0.6) is 0 Å². The number of ether oxygens (including phenoxy) is 2. The van der Waals surface area contributed by atoms with Crippen molar-refractivity contribution >= 4 is 0 Å². The van der Waals surface area contributed by atoms with Crippen molar-refractivity contribution in [1.29, 1.82) is 0 Å². The minimum Gasteiger partial charge on any atom is -0.362 e. The smallest absolute Gasteiger partial charge is 0.105 e. The van der Waals surface area contributed by atoms with Crippen LogP contribution in [0, 0.1) is 0 Å². The molecule has 3 fully saturated rings. The van der Waals surface area contributed by atoms with E-state index < -0.39 is 0 Å². The highest BCUT2D eigenvalue weighted by atomic mass is 16.7. The highest BCUT2D eigenvalue weighted by Crippen LogP contribution is 2.76.